The van der Waals surface area contributed by atoms with Gasteiger partial charge in [-0.3, -0.25) is 0 Å². The summed E-state index contributed by atoms with van der Waals surface area (Å²) in [5.74, 6) is 0. The van der Waals surface area contributed by atoms with Gasteiger partial charge in [-0.2, -0.15) is 8.78 Å². The number of nitrogens with zero attached hydrogens (tertiary/aromatic N) is 1. The molecule has 0 N–H and O–H groups in total. The summed E-state index contributed by atoms with van der Waals surface area (Å²) in [5, 5.41) is -0.0670. The van der Waals surface area contributed by atoms with Crippen LogP contribution in [0.5, 0.6) is 0 Å². The minimum atomic E-state index is -2.96. The van der Waals surface area contributed by atoms with E-state index >= 15 is 0 Å². The predicted molar refractivity (Wildman–Crippen MR) is 52.2 cm³/mol. The van der Waals surface area contributed by atoms with Crippen LogP contribution in [0.4, 0.5) is 8.78 Å². The molecule has 0 aliphatic heterocycles. The van der Waals surface area contributed by atoms with Crippen LogP contribution >= 0.6 is 45.8 Å². The summed E-state index contributed by atoms with van der Waals surface area (Å²) < 4.78 is 22.3. The number of halogens is 5. The van der Waals surface area contributed by atoms with Crippen LogP contribution in [-0.2, 0) is 3.93 Å². The monoisotopic (exact) mass is 323 g/mol. The van der Waals surface area contributed by atoms with Gasteiger partial charge in [0, 0.05) is 28.2 Å². The van der Waals surface area contributed by atoms with Crippen LogP contribution in [0.3, 0.4) is 0 Å². The van der Waals surface area contributed by atoms with Crippen molar-refractivity contribution in [2.45, 2.75) is 3.93 Å². The molecule has 0 spiro atoms. The fourth-order valence-corrected chi connectivity index (χ4v) is 1.40. The van der Waals surface area contributed by atoms with Crippen molar-refractivity contribution in [3.63, 3.8) is 0 Å². The highest BCUT2D eigenvalue weighted by molar-refractivity contribution is 14.1. The molecule has 1 rings (SSSR count). The van der Waals surface area contributed by atoms with E-state index in [-0.39, 0.29) is 15.9 Å². The standard InChI is InChI=1S/C6H2Cl2F2IN/c7-4-1-3(6(9,10)11)2-5(8)12-4/h1-2H. The van der Waals surface area contributed by atoms with Crippen molar-refractivity contribution in [3.05, 3.63) is 28.0 Å². The Morgan fingerprint density at radius 3 is 2.00 bits per heavy atom. The molecule has 0 atom stereocenters. The first-order valence-electron chi connectivity index (χ1n) is 2.80. The third-order valence-electron chi connectivity index (χ3n) is 1.09. The lowest BCUT2D eigenvalue weighted by molar-refractivity contribution is 0.127. The molecule has 0 bridgehead atoms. The zero-order valence-electron chi connectivity index (χ0n) is 5.49. The fraction of sp³-hybridized carbons (Fsp3) is 0.167. The molecule has 0 saturated carbocycles. The van der Waals surface area contributed by atoms with Gasteiger partial charge in [0.1, 0.15) is 10.3 Å². The van der Waals surface area contributed by atoms with Gasteiger partial charge in [0.15, 0.2) is 0 Å². The van der Waals surface area contributed by atoms with Gasteiger partial charge in [-0.05, 0) is 12.1 Å². The van der Waals surface area contributed by atoms with Crippen molar-refractivity contribution < 1.29 is 8.78 Å². The average molecular weight is 324 g/mol. The van der Waals surface area contributed by atoms with Gasteiger partial charge in [-0.25, -0.2) is 4.98 Å². The van der Waals surface area contributed by atoms with Gasteiger partial charge in [0.05, 0.1) is 0 Å². The molecule has 6 heteroatoms. The second-order valence-corrected chi connectivity index (χ2v) is 4.13. The SMILES string of the molecule is FC(F)(I)c1cc(Cl)nc(Cl)c1. The second-order valence-electron chi connectivity index (χ2n) is 2.00. The smallest absolute Gasteiger partial charge is 0.224 e. The van der Waals surface area contributed by atoms with E-state index < -0.39 is 3.93 Å². The number of rotatable bonds is 1. The van der Waals surface area contributed by atoms with Crippen molar-refractivity contribution in [1.82, 2.24) is 4.98 Å². The Bertz CT molecular complexity index is 280. The highest BCUT2D eigenvalue weighted by Gasteiger charge is 2.27. The van der Waals surface area contributed by atoms with Crippen LogP contribution in [0.25, 0.3) is 0 Å². The molecule has 1 nitrogen and oxygen atoms in total. The van der Waals surface area contributed by atoms with Gasteiger partial charge >= 0.3 is 3.93 Å². The van der Waals surface area contributed by atoms with E-state index in [4.69, 9.17) is 23.2 Å². The molecule has 0 aliphatic carbocycles. The lowest BCUT2D eigenvalue weighted by Crippen LogP contribution is -2.02. The van der Waals surface area contributed by atoms with Crippen LogP contribution in [-0.4, -0.2) is 4.98 Å². The molecule has 0 unspecified atom stereocenters. The Morgan fingerprint density at radius 2 is 1.67 bits per heavy atom. The Labute approximate surface area is 91.2 Å². The van der Waals surface area contributed by atoms with E-state index in [0.29, 0.717) is 0 Å². The van der Waals surface area contributed by atoms with Gasteiger partial charge in [0.2, 0.25) is 0 Å². The highest BCUT2D eigenvalue weighted by Crippen LogP contribution is 2.36. The van der Waals surface area contributed by atoms with Gasteiger partial charge in [-0.15, -0.1) is 0 Å². The second kappa shape index (κ2) is 3.59. The van der Waals surface area contributed by atoms with Gasteiger partial charge in [0.25, 0.3) is 0 Å². The molecule has 0 fully saturated rings. The van der Waals surface area contributed by atoms with E-state index in [1.807, 2.05) is 0 Å². The number of hydrogen-bond donors (Lipinski definition) is 0. The molecule has 0 aromatic carbocycles. The molecule has 0 amide bonds. The van der Waals surface area contributed by atoms with Crippen LogP contribution in [0.15, 0.2) is 12.1 Å². The van der Waals surface area contributed by atoms with E-state index in [0.717, 1.165) is 34.7 Å². The molecule has 0 aliphatic rings. The summed E-state index contributed by atoms with van der Waals surface area (Å²) in [6, 6.07) is 2.17. The number of alkyl halides is 3. The van der Waals surface area contributed by atoms with Crippen LogP contribution < -0.4 is 0 Å². The summed E-state index contributed by atoms with van der Waals surface area (Å²) in [6.07, 6.45) is 0. The Balaban J connectivity index is 3.18. The predicted octanol–water partition coefficient (Wildman–Crippen LogP) is 3.87. The number of pyridine rings is 1. The van der Waals surface area contributed by atoms with Gasteiger partial charge in [-0.1, -0.05) is 23.2 Å². The quantitative estimate of drug-likeness (QED) is 0.434. The molecule has 0 saturated heterocycles. The van der Waals surface area contributed by atoms with Crippen LogP contribution in [0.1, 0.15) is 5.56 Å². The maximum Gasteiger partial charge on any atom is 0.321 e. The Kier molecular flexibility index (Phi) is 3.11. The molecule has 12 heavy (non-hydrogen) atoms. The van der Waals surface area contributed by atoms with E-state index in [1.165, 1.54) is 0 Å². The minimum Gasteiger partial charge on any atom is -0.224 e. The average Bonchev–Trinajstić information content (AvgIpc) is 1.82. The highest BCUT2D eigenvalue weighted by atomic mass is 127. The topological polar surface area (TPSA) is 12.9 Å². The maximum atomic E-state index is 12.7. The van der Waals surface area contributed by atoms with Crippen LogP contribution in [0, 0.1) is 0 Å². The fourth-order valence-electron chi connectivity index (χ4n) is 0.629. The van der Waals surface area contributed by atoms with Crippen molar-refractivity contribution in [2.24, 2.45) is 0 Å². The first kappa shape index (κ1) is 10.4. The Morgan fingerprint density at radius 1 is 1.25 bits per heavy atom. The first-order chi connectivity index (χ1) is 5.39. The number of hydrogen-bond acceptors (Lipinski definition) is 1. The normalized spacial score (nSPS) is 11.8. The lowest BCUT2D eigenvalue weighted by atomic mass is 10.3. The lowest BCUT2D eigenvalue weighted by Gasteiger charge is -2.08. The third-order valence-corrected chi connectivity index (χ3v) is 2.10. The Hall–Kier alpha value is 0.320. The molecule has 1 aromatic rings. The summed E-state index contributed by atoms with van der Waals surface area (Å²) in [5.41, 5.74) is -0.242. The zero-order valence-corrected chi connectivity index (χ0v) is 9.16. The summed E-state index contributed by atoms with van der Waals surface area (Å²) in [6.45, 7) is 0. The largest absolute Gasteiger partial charge is 0.321 e. The number of aromatic nitrogens is 1. The van der Waals surface area contributed by atoms with E-state index in [2.05, 4.69) is 4.98 Å². The van der Waals surface area contributed by atoms with Crippen molar-refractivity contribution in [2.75, 3.05) is 0 Å². The minimum absolute atomic E-state index is 0.0335. The summed E-state index contributed by atoms with van der Waals surface area (Å²) in [7, 11) is 0. The van der Waals surface area contributed by atoms with Gasteiger partial charge < -0.3 is 0 Å². The molecular weight excluding hydrogens is 322 g/mol. The summed E-state index contributed by atoms with van der Waals surface area (Å²) in [4.78, 5) is 3.54. The van der Waals surface area contributed by atoms with Crippen molar-refractivity contribution >= 4 is 45.8 Å². The molecular formula is C6H2Cl2F2IN. The molecule has 66 valence electrons. The van der Waals surface area contributed by atoms with E-state index in [9.17, 15) is 8.78 Å². The molecule has 1 heterocycles. The van der Waals surface area contributed by atoms with Crippen molar-refractivity contribution in [3.8, 4) is 0 Å². The van der Waals surface area contributed by atoms with Crippen molar-refractivity contribution in [1.29, 1.82) is 0 Å². The van der Waals surface area contributed by atoms with Crippen LogP contribution in [0.2, 0.25) is 10.3 Å². The molecule has 1 aromatic heterocycles. The third kappa shape index (κ3) is 2.67. The molecule has 0 radical (unpaired) electrons. The zero-order chi connectivity index (χ0) is 9.35. The maximum absolute atomic E-state index is 12.7. The first-order valence-corrected chi connectivity index (χ1v) is 4.63. The van der Waals surface area contributed by atoms with E-state index in [1.54, 1.807) is 0 Å². The summed E-state index contributed by atoms with van der Waals surface area (Å²) >= 11 is 11.8.